The van der Waals surface area contributed by atoms with E-state index in [2.05, 4.69) is 15.9 Å². The number of ether oxygens (including phenoxy) is 1. The molecule has 0 spiro atoms. The SMILES string of the molecule is COc1c(C)c(Br)c(C)c(CCO)c1O. The molecule has 0 atom stereocenters. The first-order valence-electron chi connectivity index (χ1n) is 4.69. The van der Waals surface area contributed by atoms with E-state index in [1.54, 1.807) is 0 Å². The van der Waals surface area contributed by atoms with Crippen molar-refractivity contribution in [3.63, 3.8) is 0 Å². The fraction of sp³-hybridized carbons (Fsp3) is 0.455. The largest absolute Gasteiger partial charge is 0.504 e. The maximum absolute atomic E-state index is 9.95. The first kappa shape index (κ1) is 12.3. The lowest BCUT2D eigenvalue weighted by atomic mass is 10.0. The summed E-state index contributed by atoms with van der Waals surface area (Å²) in [6, 6.07) is 0. The molecular formula is C11H15BrO3. The van der Waals surface area contributed by atoms with E-state index in [-0.39, 0.29) is 12.4 Å². The average molecular weight is 275 g/mol. The van der Waals surface area contributed by atoms with Gasteiger partial charge in [0.25, 0.3) is 0 Å². The smallest absolute Gasteiger partial charge is 0.164 e. The molecule has 0 unspecified atom stereocenters. The maximum atomic E-state index is 9.95. The predicted molar refractivity (Wildman–Crippen MR) is 62.6 cm³/mol. The van der Waals surface area contributed by atoms with Gasteiger partial charge < -0.3 is 14.9 Å². The van der Waals surface area contributed by atoms with Crippen molar-refractivity contribution in [1.29, 1.82) is 0 Å². The van der Waals surface area contributed by atoms with E-state index in [0.717, 1.165) is 21.2 Å². The number of phenols is 1. The van der Waals surface area contributed by atoms with E-state index in [4.69, 9.17) is 9.84 Å². The van der Waals surface area contributed by atoms with Crippen molar-refractivity contribution in [1.82, 2.24) is 0 Å². The monoisotopic (exact) mass is 274 g/mol. The van der Waals surface area contributed by atoms with E-state index in [0.29, 0.717) is 12.2 Å². The second-order valence-corrected chi connectivity index (χ2v) is 4.19. The molecule has 0 radical (unpaired) electrons. The Hall–Kier alpha value is -0.740. The minimum Gasteiger partial charge on any atom is -0.504 e. The Labute approximate surface area is 97.8 Å². The highest BCUT2D eigenvalue weighted by Gasteiger charge is 2.17. The lowest BCUT2D eigenvalue weighted by molar-refractivity contribution is 0.295. The summed E-state index contributed by atoms with van der Waals surface area (Å²) in [5.41, 5.74) is 2.54. The molecule has 1 rings (SSSR count). The maximum Gasteiger partial charge on any atom is 0.164 e. The van der Waals surface area contributed by atoms with Gasteiger partial charge in [-0.05, 0) is 25.8 Å². The first-order valence-corrected chi connectivity index (χ1v) is 5.49. The number of hydrogen-bond donors (Lipinski definition) is 2. The lowest BCUT2D eigenvalue weighted by Crippen LogP contribution is -2.00. The van der Waals surface area contributed by atoms with Crippen LogP contribution in [-0.2, 0) is 6.42 Å². The van der Waals surface area contributed by atoms with Crippen LogP contribution in [0.1, 0.15) is 16.7 Å². The molecule has 3 nitrogen and oxygen atoms in total. The minimum atomic E-state index is 0.00700. The van der Waals surface area contributed by atoms with Crippen LogP contribution in [0.4, 0.5) is 0 Å². The van der Waals surface area contributed by atoms with E-state index in [1.807, 2.05) is 13.8 Å². The fourth-order valence-electron chi connectivity index (χ4n) is 1.67. The Morgan fingerprint density at radius 3 is 2.33 bits per heavy atom. The van der Waals surface area contributed by atoms with E-state index in [9.17, 15) is 5.11 Å². The topological polar surface area (TPSA) is 49.7 Å². The Bertz CT molecular complexity index is 375. The van der Waals surface area contributed by atoms with Crippen LogP contribution >= 0.6 is 15.9 Å². The second-order valence-electron chi connectivity index (χ2n) is 3.40. The van der Waals surface area contributed by atoms with E-state index in [1.165, 1.54) is 7.11 Å². The fourth-order valence-corrected chi connectivity index (χ4v) is 2.09. The Balaban J connectivity index is 3.45. The zero-order valence-corrected chi connectivity index (χ0v) is 10.7. The Kier molecular flexibility index (Phi) is 3.99. The molecule has 0 amide bonds. The number of rotatable bonds is 3. The van der Waals surface area contributed by atoms with Gasteiger partial charge in [0.15, 0.2) is 11.5 Å². The standard InChI is InChI=1S/C11H15BrO3/c1-6-8(4-5-13)10(14)11(15-3)7(2)9(6)12/h13-14H,4-5H2,1-3H3. The summed E-state index contributed by atoms with van der Waals surface area (Å²) in [7, 11) is 1.52. The first-order chi connectivity index (χ1) is 7.04. The van der Waals surface area contributed by atoms with Gasteiger partial charge in [-0.2, -0.15) is 0 Å². The lowest BCUT2D eigenvalue weighted by Gasteiger charge is -2.16. The van der Waals surface area contributed by atoms with Crippen LogP contribution in [0.25, 0.3) is 0 Å². The molecule has 0 heterocycles. The summed E-state index contributed by atoms with van der Waals surface area (Å²) in [4.78, 5) is 0. The molecule has 4 heteroatoms. The van der Waals surface area contributed by atoms with Crippen LogP contribution in [0.2, 0.25) is 0 Å². The summed E-state index contributed by atoms with van der Waals surface area (Å²) in [6.45, 7) is 3.78. The number of aliphatic hydroxyl groups excluding tert-OH is 1. The average Bonchev–Trinajstić information content (AvgIpc) is 2.22. The highest BCUT2D eigenvalue weighted by atomic mass is 79.9. The van der Waals surface area contributed by atoms with Crippen molar-refractivity contribution in [2.75, 3.05) is 13.7 Å². The second kappa shape index (κ2) is 4.86. The zero-order chi connectivity index (χ0) is 11.6. The van der Waals surface area contributed by atoms with Crippen LogP contribution in [0.3, 0.4) is 0 Å². The molecule has 2 N–H and O–H groups in total. The van der Waals surface area contributed by atoms with Crippen LogP contribution in [0.15, 0.2) is 4.47 Å². The number of methoxy groups -OCH3 is 1. The summed E-state index contributed by atoms with van der Waals surface area (Å²) in [6.07, 6.45) is 0.424. The third kappa shape index (κ3) is 2.11. The van der Waals surface area contributed by atoms with Gasteiger partial charge in [-0.15, -0.1) is 0 Å². The van der Waals surface area contributed by atoms with Crippen molar-refractivity contribution in [3.05, 3.63) is 21.2 Å². The quantitative estimate of drug-likeness (QED) is 0.890. The molecular weight excluding hydrogens is 260 g/mol. The molecule has 1 aromatic carbocycles. The third-order valence-corrected chi connectivity index (χ3v) is 3.71. The van der Waals surface area contributed by atoms with Crippen LogP contribution in [0, 0.1) is 13.8 Å². The third-order valence-electron chi connectivity index (χ3n) is 2.52. The van der Waals surface area contributed by atoms with Gasteiger partial charge >= 0.3 is 0 Å². The normalized spacial score (nSPS) is 10.5. The molecule has 0 bridgehead atoms. The molecule has 84 valence electrons. The van der Waals surface area contributed by atoms with Crippen LogP contribution in [0.5, 0.6) is 11.5 Å². The van der Waals surface area contributed by atoms with E-state index >= 15 is 0 Å². The van der Waals surface area contributed by atoms with Gasteiger partial charge in [-0.3, -0.25) is 0 Å². The number of hydrogen-bond acceptors (Lipinski definition) is 3. The molecule has 0 aromatic heterocycles. The Morgan fingerprint density at radius 1 is 1.27 bits per heavy atom. The summed E-state index contributed by atoms with van der Waals surface area (Å²) < 4.78 is 6.05. The van der Waals surface area contributed by atoms with Crippen LogP contribution in [-0.4, -0.2) is 23.9 Å². The molecule has 0 aliphatic heterocycles. The number of phenolic OH excluding ortho intramolecular Hbond substituents is 1. The Morgan fingerprint density at radius 2 is 1.87 bits per heavy atom. The van der Waals surface area contributed by atoms with Crippen molar-refractivity contribution < 1.29 is 14.9 Å². The van der Waals surface area contributed by atoms with Crippen molar-refractivity contribution in [2.45, 2.75) is 20.3 Å². The van der Waals surface area contributed by atoms with E-state index < -0.39 is 0 Å². The molecule has 0 saturated carbocycles. The summed E-state index contributed by atoms with van der Waals surface area (Å²) in [5.74, 6) is 0.598. The van der Waals surface area contributed by atoms with Crippen molar-refractivity contribution >= 4 is 15.9 Å². The summed E-state index contributed by atoms with van der Waals surface area (Å²) in [5, 5.41) is 18.9. The van der Waals surface area contributed by atoms with Gasteiger partial charge in [0.05, 0.1) is 7.11 Å². The number of halogens is 1. The molecule has 15 heavy (non-hydrogen) atoms. The van der Waals surface area contributed by atoms with Gasteiger partial charge in [-0.1, -0.05) is 15.9 Å². The van der Waals surface area contributed by atoms with Gasteiger partial charge in [-0.25, -0.2) is 0 Å². The minimum absolute atomic E-state index is 0.00700. The predicted octanol–water partition coefficient (Wildman–Crippen LogP) is 2.31. The number of benzene rings is 1. The van der Waals surface area contributed by atoms with Gasteiger partial charge in [0.2, 0.25) is 0 Å². The van der Waals surface area contributed by atoms with Crippen molar-refractivity contribution in [2.24, 2.45) is 0 Å². The van der Waals surface area contributed by atoms with Gasteiger partial charge in [0.1, 0.15) is 0 Å². The zero-order valence-electron chi connectivity index (χ0n) is 9.09. The summed E-state index contributed by atoms with van der Waals surface area (Å²) >= 11 is 3.45. The molecule has 0 aliphatic carbocycles. The van der Waals surface area contributed by atoms with Gasteiger partial charge in [0, 0.05) is 22.2 Å². The molecule has 0 fully saturated rings. The number of aromatic hydroxyl groups is 1. The molecule has 0 aliphatic rings. The molecule has 0 saturated heterocycles. The van der Waals surface area contributed by atoms with Crippen molar-refractivity contribution in [3.8, 4) is 11.5 Å². The highest BCUT2D eigenvalue weighted by Crippen LogP contribution is 2.41. The van der Waals surface area contributed by atoms with Crippen LogP contribution < -0.4 is 4.74 Å². The molecule has 1 aromatic rings. The highest BCUT2D eigenvalue weighted by molar-refractivity contribution is 9.10. The number of aliphatic hydroxyl groups is 1.